The standard InChI is InChI=1S/C22H26N2O/c1-25-13-12-24-11-5-8-20(24)14-19-16-23-22-10-9-18(15-21(19)22)17-6-3-2-4-7-17/h2-4,6-7,9-10,15-16,20,23H,5,8,11-14H2,1H3/t20-/m1/s1. The van der Waals surface area contributed by atoms with Crippen molar-refractivity contribution in [2.24, 2.45) is 0 Å². The van der Waals surface area contributed by atoms with Crippen LogP contribution in [0, 0.1) is 0 Å². The number of H-pyrrole nitrogens is 1. The number of hydrogen-bond acceptors (Lipinski definition) is 2. The fourth-order valence-electron chi connectivity index (χ4n) is 4.04. The fraction of sp³-hybridized carbons (Fsp3) is 0.364. The van der Waals surface area contributed by atoms with Crippen molar-refractivity contribution in [3.63, 3.8) is 0 Å². The van der Waals surface area contributed by atoms with Gasteiger partial charge in [-0.05, 0) is 54.6 Å². The van der Waals surface area contributed by atoms with Gasteiger partial charge in [-0.1, -0.05) is 36.4 Å². The zero-order chi connectivity index (χ0) is 17.1. The number of hydrogen-bond donors (Lipinski definition) is 1. The first-order chi connectivity index (χ1) is 12.3. The molecule has 3 heteroatoms. The molecule has 1 N–H and O–H groups in total. The summed E-state index contributed by atoms with van der Waals surface area (Å²) in [7, 11) is 1.79. The molecule has 4 rings (SSSR count). The van der Waals surface area contributed by atoms with Gasteiger partial charge in [0.1, 0.15) is 0 Å². The van der Waals surface area contributed by atoms with E-state index in [-0.39, 0.29) is 0 Å². The van der Waals surface area contributed by atoms with Gasteiger partial charge in [-0.15, -0.1) is 0 Å². The van der Waals surface area contributed by atoms with E-state index in [1.54, 1.807) is 7.11 Å². The molecule has 130 valence electrons. The second kappa shape index (κ2) is 7.42. The first kappa shape index (κ1) is 16.4. The fourth-order valence-corrected chi connectivity index (χ4v) is 4.04. The van der Waals surface area contributed by atoms with Gasteiger partial charge in [-0.3, -0.25) is 4.90 Å². The molecule has 2 heterocycles. The highest BCUT2D eigenvalue weighted by Crippen LogP contribution is 2.29. The molecule has 0 amide bonds. The Morgan fingerprint density at radius 1 is 1.12 bits per heavy atom. The topological polar surface area (TPSA) is 28.3 Å². The Morgan fingerprint density at radius 3 is 2.84 bits per heavy atom. The number of benzene rings is 2. The molecule has 1 fully saturated rings. The molecule has 1 aromatic heterocycles. The molecule has 0 radical (unpaired) electrons. The van der Waals surface area contributed by atoms with Gasteiger partial charge in [0.25, 0.3) is 0 Å². The molecule has 1 saturated heterocycles. The van der Waals surface area contributed by atoms with Crippen LogP contribution in [0.4, 0.5) is 0 Å². The van der Waals surface area contributed by atoms with Crippen LogP contribution >= 0.6 is 0 Å². The maximum Gasteiger partial charge on any atom is 0.0589 e. The van der Waals surface area contributed by atoms with E-state index in [1.165, 1.54) is 47.0 Å². The van der Waals surface area contributed by atoms with Crippen molar-refractivity contribution in [3.8, 4) is 11.1 Å². The number of rotatable bonds is 6. The van der Waals surface area contributed by atoms with E-state index in [9.17, 15) is 0 Å². The van der Waals surface area contributed by atoms with E-state index in [2.05, 4.69) is 64.6 Å². The molecule has 3 aromatic rings. The molecule has 1 aliphatic heterocycles. The SMILES string of the molecule is COCCN1CCC[C@@H]1Cc1c[nH]c2ccc(-c3ccccc3)cc12. The largest absolute Gasteiger partial charge is 0.383 e. The van der Waals surface area contributed by atoms with Gasteiger partial charge in [-0.2, -0.15) is 0 Å². The summed E-state index contributed by atoms with van der Waals surface area (Å²) in [4.78, 5) is 6.04. The lowest BCUT2D eigenvalue weighted by molar-refractivity contribution is 0.141. The van der Waals surface area contributed by atoms with Gasteiger partial charge in [-0.25, -0.2) is 0 Å². The van der Waals surface area contributed by atoms with Crippen LogP contribution in [-0.4, -0.2) is 42.7 Å². The minimum Gasteiger partial charge on any atom is -0.383 e. The van der Waals surface area contributed by atoms with E-state index in [1.807, 2.05) is 0 Å². The van der Waals surface area contributed by atoms with Gasteiger partial charge >= 0.3 is 0 Å². The van der Waals surface area contributed by atoms with E-state index in [0.717, 1.165) is 19.6 Å². The highest BCUT2D eigenvalue weighted by molar-refractivity contribution is 5.88. The lowest BCUT2D eigenvalue weighted by Gasteiger charge is -2.23. The maximum atomic E-state index is 5.27. The van der Waals surface area contributed by atoms with Crippen LogP contribution in [-0.2, 0) is 11.2 Å². The van der Waals surface area contributed by atoms with Crippen LogP contribution in [0.1, 0.15) is 18.4 Å². The number of nitrogens with zero attached hydrogens (tertiary/aromatic N) is 1. The highest BCUT2D eigenvalue weighted by atomic mass is 16.5. The molecule has 0 spiro atoms. The van der Waals surface area contributed by atoms with Gasteiger partial charge in [0.05, 0.1) is 6.61 Å². The number of likely N-dealkylation sites (tertiary alicyclic amines) is 1. The molecule has 0 bridgehead atoms. The third-order valence-corrected chi connectivity index (χ3v) is 5.41. The third-order valence-electron chi connectivity index (χ3n) is 5.41. The number of aromatic nitrogens is 1. The Balaban J connectivity index is 1.59. The molecular formula is C22H26N2O. The Labute approximate surface area is 149 Å². The number of fused-ring (bicyclic) bond motifs is 1. The van der Waals surface area contributed by atoms with Crippen molar-refractivity contribution < 1.29 is 4.74 Å². The minimum atomic E-state index is 0.634. The maximum absolute atomic E-state index is 5.27. The second-order valence-electron chi connectivity index (χ2n) is 6.97. The van der Waals surface area contributed by atoms with Crippen molar-refractivity contribution in [1.29, 1.82) is 0 Å². The summed E-state index contributed by atoms with van der Waals surface area (Å²) in [6.45, 7) is 3.06. The molecule has 0 aliphatic carbocycles. The van der Waals surface area contributed by atoms with E-state index >= 15 is 0 Å². The Kier molecular flexibility index (Phi) is 4.86. The van der Waals surface area contributed by atoms with Gasteiger partial charge < -0.3 is 9.72 Å². The Bertz CT molecular complexity index is 824. The summed E-state index contributed by atoms with van der Waals surface area (Å²) < 4.78 is 5.27. The van der Waals surface area contributed by atoms with E-state index < -0.39 is 0 Å². The van der Waals surface area contributed by atoms with Gasteiger partial charge in [0, 0.05) is 36.8 Å². The number of ether oxygens (including phenoxy) is 1. The number of aromatic amines is 1. The summed E-state index contributed by atoms with van der Waals surface area (Å²) in [5.41, 5.74) is 5.23. The predicted octanol–water partition coefficient (Wildman–Crippen LogP) is 4.49. The van der Waals surface area contributed by atoms with Crippen LogP contribution in [0.3, 0.4) is 0 Å². The van der Waals surface area contributed by atoms with Crippen molar-refractivity contribution in [3.05, 3.63) is 60.3 Å². The predicted molar refractivity (Wildman–Crippen MR) is 104 cm³/mol. The smallest absolute Gasteiger partial charge is 0.0589 e. The molecule has 1 aliphatic rings. The summed E-state index contributed by atoms with van der Waals surface area (Å²) >= 11 is 0. The lowest BCUT2D eigenvalue weighted by atomic mass is 9.99. The molecule has 0 unspecified atom stereocenters. The van der Waals surface area contributed by atoms with Crippen molar-refractivity contribution >= 4 is 10.9 Å². The van der Waals surface area contributed by atoms with Crippen LogP contribution in [0.25, 0.3) is 22.0 Å². The van der Waals surface area contributed by atoms with Crippen molar-refractivity contribution in [2.45, 2.75) is 25.3 Å². The summed E-state index contributed by atoms with van der Waals surface area (Å²) in [6, 6.07) is 18.0. The zero-order valence-electron chi connectivity index (χ0n) is 14.9. The molecule has 1 atom stereocenters. The second-order valence-corrected chi connectivity index (χ2v) is 6.97. The third kappa shape index (κ3) is 3.48. The monoisotopic (exact) mass is 334 g/mol. The molecular weight excluding hydrogens is 308 g/mol. The molecule has 0 saturated carbocycles. The van der Waals surface area contributed by atoms with Crippen molar-refractivity contribution in [1.82, 2.24) is 9.88 Å². The average molecular weight is 334 g/mol. The van der Waals surface area contributed by atoms with Crippen LogP contribution < -0.4 is 0 Å². The number of methoxy groups -OCH3 is 1. The average Bonchev–Trinajstić information content (AvgIpc) is 3.28. The Hall–Kier alpha value is -2.10. The lowest BCUT2D eigenvalue weighted by Crippen LogP contribution is -2.33. The quantitative estimate of drug-likeness (QED) is 0.719. The van der Waals surface area contributed by atoms with E-state index in [4.69, 9.17) is 4.74 Å². The van der Waals surface area contributed by atoms with Crippen LogP contribution in [0.2, 0.25) is 0 Å². The Morgan fingerprint density at radius 2 is 2.00 bits per heavy atom. The van der Waals surface area contributed by atoms with Crippen LogP contribution in [0.5, 0.6) is 0 Å². The summed E-state index contributed by atoms with van der Waals surface area (Å²) in [5, 5.41) is 1.36. The van der Waals surface area contributed by atoms with Gasteiger partial charge in [0.15, 0.2) is 0 Å². The summed E-state index contributed by atoms with van der Waals surface area (Å²) in [5.74, 6) is 0. The van der Waals surface area contributed by atoms with Crippen molar-refractivity contribution in [2.75, 3.05) is 26.8 Å². The highest BCUT2D eigenvalue weighted by Gasteiger charge is 2.25. The van der Waals surface area contributed by atoms with E-state index in [0.29, 0.717) is 6.04 Å². The molecule has 3 nitrogen and oxygen atoms in total. The minimum absolute atomic E-state index is 0.634. The first-order valence-corrected chi connectivity index (χ1v) is 9.23. The first-order valence-electron chi connectivity index (χ1n) is 9.23. The zero-order valence-corrected chi connectivity index (χ0v) is 14.9. The molecule has 25 heavy (non-hydrogen) atoms. The molecule has 2 aromatic carbocycles. The van der Waals surface area contributed by atoms with Crippen LogP contribution in [0.15, 0.2) is 54.7 Å². The summed E-state index contributed by atoms with van der Waals surface area (Å²) in [6.07, 6.45) is 5.90. The normalized spacial score (nSPS) is 18.2. The van der Waals surface area contributed by atoms with Gasteiger partial charge in [0.2, 0.25) is 0 Å². The number of nitrogens with one attached hydrogen (secondary N) is 1.